The third kappa shape index (κ3) is 30.7. The minimum absolute atomic E-state index is 0. The van der Waals surface area contributed by atoms with Crippen molar-refractivity contribution in [2.24, 2.45) is 0 Å². The van der Waals surface area contributed by atoms with Crippen molar-refractivity contribution in [2.45, 2.75) is 0 Å². The van der Waals surface area contributed by atoms with Gasteiger partial charge >= 0.3 is 49.6 Å². The van der Waals surface area contributed by atoms with E-state index in [1.165, 1.54) is 0 Å². The first-order valence-electron chi connectivity index (χ1n) is 0.478. The summed E-state index contributed by atoms with van der Waals surface area (Å²) >= 11 is -3.06. The van der Waals surface area contributed by atoms with E-state index in [0.717, 1.165) is 0 Å². The van der Waals surface area contributed by atoms with Crippen molar-refractivity contribution < 1.29 is 34.3 Å². The van der Waals surface area contributed by atoms with Crippen LogP contribution in [0.2, 0.25) is 0 Å². The first-order valence-corrected chi connectivity index (χ1v) is 11.7. The molecule has 6 heteroatoms. The fourth-order valence-electron chi connectivity index (χ4n) is 0. The van der Waals surface area contributed by atoms with E-state index in [1.54, 1.807) is 0 Å². The zero-order valence-electron chi connectivity index (χ0n) is 2.13. The van der Waals surface area contributed by atoms with E-state index in [2.05, 4.69) is 0 Å². The second-order valence-corrected chi connectivity index (χ2v) is 20.0. The first kappa shape index (κ1) is 11.4. The molecular formula is AuCl4Pt. The van der Waals surface area contributed by atoms with E-state index in [0.29, 0.717) is 0 Å². The molecule has 0 aliphatic rings. The van der Waals surface area contributed by atoms with Crippen LogP contribution in [-0.4, -0.2) is 0 Å². The SMILES string of the molecule is [Au].[Cl][Pt]([Cl])([Cl])[Cl]. The molecular weight excluding hydrogens is 534 g/mol. The second kappa shape index (κ2) is 4.47. The molecule has 0 fully saturated rings. The normalized spacial score (nSPS) is 12.7. The van der Waals surface area contributed by atoms with Gasteiger partial charge in [-0.2, -0.15) is 0 Å². The zero-order chi connectivity index (χ0) is 4.50. The van der Waals surface area contributed by atoms with Crippen molar-refractivity contribution >= 4 is 37.7 Å². The van der Waals surface area contributed by atoms with E-state index >= 15 is 0 Å². The van der Waals surface area contributed by atoms with Crippen LogP contribution in [0.5, 0.6) is 0 Å². The van der Waals surface area contributed by atoms with Gasteiger partial charge in [0, 0.05) is 22.4 Å². The fourth-order valence-corrected chi connectivity index (χ4v) is 0. The first-order chi connectivity index (χ1) is 2.00. The summed E-state index contributed by atoms with van der Waals surface area (Å²) in [6, 6.07) is 0. The summed E-state index contributed by atoms with van der Waals surface area (Å²) < 4.78 is 0. The van der Waals surface area contributed by atoms with Gasteiger partial charge in [-0.1, -0.05) is 0 Å². The number of hydrogen-bond acceptors (Lipinski definition) is 0. The predicted molar refractivity (Wildman–Crippen MR) is 23.4 cm³/mol. The summed E-state index contributed by atoms with van der Waals surface area (Å²) in [5.74, 6) is 0. The molecule has 0 atom stereocenters. The second-order valence-electron chi connectivity index (χ2n) is 0.271. The van der Waals surface area contributed by atoms with Crippen molar-refractivity contribution in [3.8, 4) is 0 Å². The van der Waals surface area contributed by atoms with E-state index in [-0.39, 0.29) is 22.4 Å². The number of hydrogen-bond donors (Lipinski definition) is 0. The molecule has 0 nitrogen and oxygen atoms in total. The standard InChI is InChI=1S/Au.4ClH.Pt/h;4*1H;/q;;;;;+4/p-4. The Hall–Kier alpha value is 2.59. The fraction of sp³-hybridized carbons (Fsp3) is 0. The average molecular weight is 534 g/mol. The van der Waals surface area contributed by atoms with Gasteiger partial charge in [-0.3, -0.25) is 0 Å². The van der Waals surface area contributed by atoms with Crippen molar-refractivity contribution in [3.05, 3.63) is 0 Å². The Morgan fingerprint density at radius 2 is 0.833 bits per heavy atom. The van der Waals surface area contributed by atoms with Crippen LogP contribution < -0.4 is 0 Å². The van der Waals surface area contributed by atoms with Crippen molar-refractivity contribution in [1.82, 2.24) is 0 Å². The Labute approximate surface area is 70.9 Å². The predicted octanol–water partition coefficient (Wildman–Crippen LogP) is 2.75. The van der Waals surface area contributed by atoms with Gasteiger partial charge in [-0.05, 0) is 0 Å². The van der Waals surface area contributed by atoms with Crippen molar-refractivity contribution in [2.75, 3.05) is 0 Å². The molecule has 0 bridgehead atoms. The van der Waals surface area contributed by atoms with Crippen LogP contribution >= 0.6 is 37.7 Å². The molecule has 0 N–H and O–H groups in total. The number of halogens is 4. The molecule has 0 aliphatic heterocycles. The molecule has 0 aromatic rings. The van der Waals surface area contributed by atoms with E-state index in [4.69, 9.17) is 37.7 Å². The van der Waals surface area contributed by atoms with Crippen molar-refractivity contribution in [3.63, 3.8) is 0 Å². The maximum absolute atomic E-state index is 5.01. The maximum atomic E-state index is 5.01. The Balaban J connectivity index is 0. The molecule has 0 aliphatic carbocycles. The van der Waals surface area contributed by atoms with Crippen LogP contribution in [0.4, 0.5) is 0 Å². The Bertz CT molecular complexity index is 23.0. The van der Waals surface area contributed by atoms with Crippen molar-refractivity contribution in [1.29, 1.82) is 0 Å². The van der Waals surface area contributed by atoms with Gasteiger partial charge in [0.15, 0.2) is 0 Å². The van der Waals surface area contributed by atoms with Crippen LogP contribution in [0.15, 0.2) is 0 Å². The molecule has 0 amide bonds. The molecule has 0 saturated heterocycles. The van der Waals surface area contributed by atoms with Gasteiger partial charge in [-0.15, -0.1) is 0 Å². The molecule has 49 valence electrons. The summed E-state index contributed by atoms with van der Waals surface area (Å²) in [6.07, 6.45) is 0. The quantitative estimate of drug-likeness (QED) is 0.420. The summed E-state index contributed by atoms with van der Waals surface area (Å²) in [6.45, 7) is 0. The summed E-state index contributed by atoms with van der Waals surface area (Å²) in [5, 5.41) is 0. The molecule has 0 spiro atoms. The molecule has 0 rings (SSSR count). The van der Waals surface area contributed by atoms with Gasteiger partial charge in [0.1, 0.15) is 0 Å². The monoisotopic (exact) mass is 532 g/mol. The molecule has 0 heterocycles. The third-order valence-corrected chi connectivity index (χ3v) is 0. The molecule has 0 aromatic carbocycles. The van der Waals surface area contributed by atoms with E-state index < -0.39 is 11.9 Å². The van der Waals surface area contributed by atoms with Crippen LogP contribution in [0.1, 0.15) is 0 Å². The van der Waals surface area contributed by atoms with E-state index in [9.17, 15) is 0 Å². The minimum atomic E-state index is -3.06. The Kier molecular flexibility index (Phi) is 8.48. The van der Waals surface area contributed by atoms with Crippen LogP contribution in [-0.2, 0) is 34.3 Å². The third-order valence-electron chi connectivity index (χ3n) is 0. The van der Waals surface area contributed by atoms with Gasteiger partial charge in [-0.25, -0.2) is 0 Å². The summed E-state index contributed by atoms with van der Waals surface area (Å²) in [7, 11) is 20.0. The summed E-state index contributed by atoms with van der Waals surface area (Å²) in [4.78, 5) is 0. The molecule has 0 unspecified atom stereocenters. The molecule has 0 aromatic heterocycles. The van der Waals surface area contributed by atoms with Crippen LogP contribution in [0, 0.1) is 0 Å². The Morgan fingerprint density at radius 1 is 0.833 bits per heavy atom. The Morgan fingerprint density at radius 3 is 0.833 bits per heavy atom. The molecule has 6 heavy (non-hydrogen) atoms. The van der Waals surface area contributed by atoms with Gasteiger partial charge in [0.25, 0.3) is 0 Å². The number of rotatable bonds is 0. The van der Waals surface area contributed by atoms with E-state index in [1.807, 2.05) is 0 Å². The molecule has 0 saturated carbocycles. The van der Waals surface area contributed by atoms with Crippen LogP contribution in [0.3, 0.4) is 0 Å². The van der Waals surface area contributed by atoms with Gasteiger partial charge < -0.3 is 0 Å². The average Bonchev–Trinajstić information content (AvgIpc) is 0.722. The van der Waals surface area contributed by atoms with Gasteiger partial charge in [0.05, 0.1) is 0 Å². The van der Waals surface area contributed by atoms with Crippen LogP contribution in [0.25, 0.3) is 0 Å². The van der Waals surface area contributed by atoms with Gasteiger partial charge in [0.2, 0.25) is 0 Å². The summed E-state index contributed by atoms with van der Waals surface area (Å²) in [5.41, 5.74) is 0. The zero-order valence-corrected chi connectivity index (χ0v) is 9.59. The molecule has 1 radical (unpaired) electrons. The topological polar surface area (TPSA) is 0 Å².